The van der Waals surface area contributed by atoms with E-state index in [0.29, 0.717) is 75.0 Å². The van der Waals surface area contributed by atoms with Crippen LogP contribution in [0.2, 0.25) is 0 Å². The second-order valence-electron chi connectivity index (χ2n) is 29.3. The Kier molecular flexibility index (Phi) is 82.4. The maximum Gasteiger partial charge on any atom is 0.317 e. The van der Waals surface area contributed by atoms with Crippen molar-refractivity contribution in [3.63, 3.8) is 0 Å². The lowest BCUT2D eigenvalue weighted by molar-refractivity contribution is 0.0529. The van der Waals surface area contributed by atoms with Crippen LogP contribution >= 0.6 is 0 Å². The van der Waals surface area contributed by atoms with E-state index in [1.165, 1.54) is 4.90 Å². The average Bonchev–Trinajstić information content (AvgIpc) is 0.913. The number of amides is 4. The number of hydrogen-bond acceptors (Lipinski definition) is 23. The van der Waals surface area contributed by atoms with Gasteiger partial charge in [0.25, 0.3) is 0 Å². The molecular weight excluding hydrogens is 1320 g/mol. The van der Waals surface area contributed by atoms with Gasteiger partial charge in [0.05, 0.1) is 77.8 Å². The van der Waals surface area contributed by atoms with Crippen LogP contribution in [0.1, 0.15) is 208 Å². The molecule has 0 aromatic heterocycles. The molecular formula is C77H176N20O7. The largest absolute Gasteiger partial charge is 0.395 e. The van der Waals surface area contributed by atoms with Crippen LogP contribution < -0.4 is 75.3 Å². The molecule has 27 heteroatoms. The van der Waals surface area contributed by atoms with E-state index in [2.05, 4.69) is 198 Å². The summed E-state index contributed by atoms with van der Waals surface area (Å²) >= 11 is 0. The van der Waals surface area contributed by atoms with E-state index in [4.69, 9.17) is 31.9 Å². The second-order valence-corrected chi connectivity index (χ2v) is 29.3. The summed E-state index contributed by atoms with van der Waals surface area (Å²) in [6, 6.07) is 3.42. The van der Waals surface area contributed by atoms with Crippen molar-refractivity contribution in [3.8, 4) is 0 Å². The molecule has 0 aliphatic rings. The molecule has 0 aliphatic carbocycles. The topological polar surface area (TPSA) is 351 Å². The summed E-state index contributed by atoms with van der Waals surface area (Å²) in [5.74, 6) is 6.03. The number of nitrogens with zero attached hydrogens (tertiary/aromatic N) is 6. The first-order valence-electron chi connectivity index (χ1n) is 37.1. The van der Waals surface area contributed by atoms with Crippen LogP contribution in [0.25, 0.3) is 0 Å². The lowest BCUT2D eigenvalue weighted by Gasteiger charge is -2.26. The molecule has 0 spiro atoms. The fraction of sp³-hybridized carbons (Fsp3) is 0.792. The second kappa shape index (κ2) is 72.2. The molecule has 0 saturated heterocycles. The molecule has 27 nitrogen and oxygen atoms in total. The Labute approximate surface area is 641 Å². The van der Waals surface area contributed by atoms with Crippen LogP contribution in [0, 0.1) is 0 Å². The van der Waals surface area contributed by atoms with Gasteiger partial charge < -0.3 is 130 Å². The molecule has 104 heavy (non-hydrogen) atoms. The van der Waals surface area contributed by atoms with Crippen molar-refractivity contribution in [2.75, 3.05) is 107 Å². The number of carbonyl (C=O) groups is 2. The zero-order valence-corrected chi connectivity index (χ0v) is 72.4. The number of nitrogens with one attached hydrogen (secondary N) is 12. The maximum absolute atomic E-state index is 11.3. The van der Waals surface area contributed by atoms with Gasteiger partial charge in [0.2, 0.25) is 0 Å². The first kappa shape index (κ1) is 119. The number of nitrogens with two attached hydrogens (primary N) is 2. The Morgan fingerprint density at radius 3 is 0.885 bits per heavy atom. The highest BCUT2D eigenvalue weighted by Crippen LogP contribution is 2.04. The van der Waals surface area contributed by atoms with Crippen LogP contribution in [0.4, 0.5) is 9.59 Å². The zero-order chi connectivity index (χ0) is 83.2. The zero-order valence-electron chi connectivity index (χ0n) is 72.4. The third kappa shape index (κ3) is 102. The third-order valence-corrected chi connectivity index (χ3v) is 11.9. The van der Waals surface area contributed by atoms with Gasteiger partial charge in [0.1, 0.15) is 0 Å². The van der Waals surface area contributed by atoms with E-state index in [0.717, 1.165) is 79.9 Å². The summed E-state index contributed by atoms with van der Waals surface area (Å²) in [7, 11) is 9.51. The minimum atomic E-state index is -0.844. The third-order valence-electron chi connectivity index (χ3n) is 11.9. The number of hydrogen-bond donors (Lipinski definition) is 19. The Balaban J connectivity index is -0.000000119. The van der Waals surface area contributed by atoms with Crippen molar-refractivity contribution in [3.05, 3.63) is 86.8 Å². The van der Waals surface area contributed by atoms with E-state index in [9.17, 15) is 14.7 Å². The predicted molar refractivity (Wildman–Crippen MR) is 452 cm³/mol. The van der Waals surface area contributed by atoms with Gasteiger partial charge in [-0.15, -0.1) is 0 Å². The smallest absolute Gasteiger partial charge is 0.317 e. The number of aliphatic hydroxyl groups is 5. The van der Waals surface area contributed by atoms with E-state index in [1.54, 1.807) is 46.6 Å². The summed E-state index contributed by atoms with van der Waals surface area (Å²) in [6.07, 6.45) is 0.178. The van der Waals surface area contributed by atoms with Crippen molar-refractivity contribution in [1.29, 1.82) is 0 Å². The molecule has 0 radical (unpaired) electrons. The molecule has 0 rings (SSSR count). The SMILES string of the molecule is C.C=C(NC(C)C)N(C)CC(C)N.C=C(NC(C)C)N(C)CC(C)O.C=C(NC(C)C)N(C)CCC.C=C(NC(C)C)N(C)CCO.C=C(NCC(C)N)NC(C)C.C=C(NCC(C)O)NC(C)C.C=C(NCC(C)O)NC(C)C.CC(C)NC(=O)N(C)CC(C)(C)O.CCN(CC)C(=O)NC(C)C. The van der Waals surface area contributed by atoms with Gasteiger partial charge in [-0.05, 0) is 193 Å². The highest BCUT2D eigenvalue weighted by atomic mass is 16.3. The molecule has 0 aromatic carbocycles. The highest BCUT2D eigenvalue weighted by molar-refractivity contribution is 5.74. The van der Waals surface area contributed by atoms with Crippen LogP contribution in [-0.2, 0) is 0 Å². The van der Waals surface area contributed by atoms with E-state index >= 15 is 0 Å². The lowest BCUT2D eigenvalue weighted by atomic mass is 10.1. The summed E-state index contributed by atoms with van der Waals surface area (Å²) < 4.78 is 0. The minimum absolute atomic E-state index is 0. The molecule has 5 atom stereocenters. The molecule has 0 bridgehead atoms. The van der Waals surface area contributed by atoms with Crippen LogP contribution in [0.3, 0.4) is 0 Å². The Bertz CT molecular complexity index is 1960. The number of likely N-dealkylation sites (N-methyl/N-ethyl adjacent to an activating group) is 4. The minimum Gasteiger partial charge on any atom is -0.395 e. The molecule has 4 amide bonds. The first-order chi connectivity index (χ1) is 46.9. The standard InChI is InChI=1S/C9H21N3.C9H20N2O2.C9H20N2O.C9H20N2.C8H19N3.4C8H18N2O.CH4/c1-7(2)11-9(4)12(5)6-8(3)10;1-7(2)10-8(12)11(5)6-9(3,4)13;1-7(2)10-9(4)11(5)6-8(3)12;1-6-7-11(5)9(4)10-8(2)3;1-6(2)11-8(4)10-5-7(3)9;1-7(2)9-8(3)10(4)5-6-11;2*1-6(2)10-8(4)9-5-7(3)11;1-5-10(6-2)8(11)9-7(3)4;/h7-8,11H,4,6,10H2,1-3,5H3;7,13H,6H2,1-5H3,(H,10,12);7-8,10,12H,4,6H2,1-3,5H3;8,10H,4,6-7H2,1-3,5H3;6-7,10-11H,4-5,9H2,1-3H3;7,9,11H,3,5-6H2,1-2,4H3;2*6-7,9-11H,4-5H2,1-3H3;7H,5-6H2,1-4H3,(H,9,11);1H4. The Morgan fingerprint density at radius 1 is 0.385 bits per heavy atom. The van der Waals surface area contributed by atoms with Gasteiger partial charge in [-0.25, -0.2) is 9.59 Å². The molecule has 21 N–H and O–H groups in total. The summed E-state index contributed by atoms with van der Waals surface area (Å²) in [5.41, 5.74) is 10.3. The Hall–Kier alpha value is -6.36. The molecule has 5 unspecified atom stereocenters. The highest BCUT2D eigenvalue weighted by Gasteiger charge is 2.19. The summed E-state index contributed by atoms with van der Waals surface area (Å²) in [4.78, 5) is 33.8. The van der Waals surface area contributed by atoms with E-state index in [-0.39, 0.29) is 68.6 Å². The average molecular weight is 1490 g/mol. The van der Waals surface area contributed by atoms with Gasteiger partial charge >= 0.3 is 12.1 Å². The van der Waals surface area contributed by atoms with Crippen molar-refractivity contribution in [2.24, 2.45) is 11.5 Å². The van der Waals surface area contributed by atoms with Gasteiger partial charge in [0, 0.05) is 161 Å². The van der Waals surface area contributed by atoms with E-state index in [1.807, 2.05) is 119 Å². The molecule has 0 fully saturated rings. The van der Waals surface area contributed by atoms with Gasteiger partial charge in [-0.3, -0.25) is 0 Å². The van der Waals surface area contributed by atoms with Crippen LogP contribution in [0.15, 0.2) is 86.8 Å². The quantitative estimate of drug-likeness (QED) is 0.0277. The van der Waals surface area contributed by atoms with Crippen LogP contribution in [-0.4, -0.2) is 265 Å². The Morgan fingerprint density at radius 2 is 0.654 bits per heavy atom. The molecule has 626 valence electrons. The van der Waals surface area contributed by atoms with Crippen LogP contribution in [0.5, 0.6) is 0 Å². The van der Waals surface area contributed by atoms with Gasteiger partial charge in [0.15, 0.2) is 0 Å². The van der Waals surface area contributed by atoms with E-state index < -0.39 is 5.60 Å². The van der Waals surface area contributed by atoms with Crippen molar-refractivity contribution >= 4 is 12.1 Å². The number of carbonyl (C=O) groups excluding carboxylic acids is 2. The van der Waals surface area contributed by atoms with Gasteiger partial charge in [-0.1, -0.05) is 60.4 Å². The summed E-state index contributed by atoms with van der Waals surface area (Å²) in [5, 5.41) is 81.6. The normalized spacial score (nSPS) is 11.6. The predicted octanol–water partition coefficient (Wildman–Crippen LogP) is 7.81. The van der Waals surface area contributed by atoms with Crippen molar-refractivity contribution in [1.82, 2.24) is 93.2 Å². The lowest BCUT2D eigenvalue weighted by Crippen LogP contribution is -2.46. The monoisotopic (exact) mass is 1490 g/mol. The first-order valence-corrected chi connectivity index (χ1v) is 37.1. The molecule has 0 saturated carbocycles. The number of urea groups is 2. The molecule has 0 aliphatic heterocycles. The van der Waals surface area contributed by atoms with Gasteiger partial charge in [-0.2, -0.15) is 0 Å². The fourth-order valence-corrected chi connectivity index (χ4v) is 7.46. The number of aliphatic hydroxyl groups excluding tert-OH is 4. The fourth-order valence-electron chi connectivity index (χ4n) is 7.46. The molecule has 0 heterocycles. The van der Waals surface area contributed by atoms with Crippen molar-refractivity contribution < 1.29 is 35.1 Å². The maximum atomic E-state index is 11.3. The number of rotatable bonds is 41. The van der Waals surface area contributed by atoms with Crippen molar-refractivity contribution in [2.45, 2.75) is 298 Å². The summed E-state index contributed by atoms with van der Waals surface area (Å²) in [6.45, 7) is 89.0. The molecule has 0 aromatic rings.